The number of amides is 1. The van der Waals surface area contributed by atoms with E-state index in [2.05, 4.69) is 5.32 Å². The summed E-state index contributed by atoms with van der Waals surface area (Å²) in [7, 11) is 0. The van der Waals surface area contributed by atoms with Crippen LogP contribution < -0.4 is 10.2 Å². The van der Waals surface area contributed by atoms with Crippen molar-refractivity contribution in [1.82, 2.24) is 0 Å². The Balaban J connectivity index is 1.54. The molecule has 0 aliphatic carbocycles. The van der Waals surface area contributed by atoms with Crippen LogP contribution in [0.1, 0.15) is 31.2 Å². The van der Waals surface area contributed by atoms with Gasteiger partial charge in [0.2, 0.25) is 5.91 Å². The number of nitrogens with one attached hydrogen (secondary N) is 1. The highest BCUT2D eigenvalue weighted by atomic mass is 35.5. The summed E-state index contributed by atoms with van der Waals surface area (Å²) in [4.78, 5) is 45.8. The van der Waals surface area contributed by atoms with Gasteiger partial charge in [-0.1, -0.05) is 59.6 Å². The third-order valence-corrected chi connectivity index (χ3v) is 9.41. The number of anilines is 2. The van der Waals surface area contributed by atoms with E-state index in [9.17, 15) is 14.4 Å². The molecule has 4 aromatic rings. The number of hydrogen-bond donors (Lipinski definition) is 1. The highest BCUT2D eigenvalue weighted by Crippen LogP contribution is 2.58. The maximum Gasteiger partial charge on any atom is 0.238 e. The first-order valence-electron chi connectivity index (χ1n) is 12.5. The lowest BCUT2D eigenvalue weighted by molar-refractivity contribution is -0.121. The summed E-state index contributed by atoms with van der Waals surface area (Å²) in [5.41, 5.74) is 1.98. The average molecular weight is 571 g/mol. The Bertz CT molecular complexity index is 1700. The van der Waals surface area contributed by atoms with Crippen LogP contribution in [0.25, 0.3) is 6.08 Å². The summed E-state index contributed by atoms with van der Waals surface area (Å²) < 4.78 is 0. The van der Waals surface area contributed by atoms with E-state index in [0.29, 0.717) is 31.7 Å². The highest BCUT2D eigenvalue weighted by Gasteiger charge is 2.70. The van der Waals surface area contributed by atoms with Crippen molar-refractivity contribution in [3.8, 4) is 0 Å². The summed E-state index contributed by atoms with van der Waals surface area (Å²) >= 11 is 13.8. The quantitative estimate of drug-likeness (QED) is 0.271. The number of thiophene rings is 1. The molecular formula is C31H20Cl2N2O3S. The Morgan fingerprint density at radius 1 is 0.897 bits per heavy atom. The largest absolute Gasteiger partial charge is 0.352 e. The number of carbonyl (C=O) groups excluding carboxylic acids is 3. The highest BCUT2D eigenvalue weighted by molar-refractivity contribution is 7.12. The van der Waals surface area contributed by atoms with E-state index in [1.54, 1.807) is 36.4 Å². The summed E-state index contributed by atoms with van der Waals surface area (Å²) in [5.74, 6) is -1.80. The first-order chi connectivity index (χ1) is 18.9. The maximum absolute atomic E-state index is 14.6. The molecule has 1 amide bonds. The van der Waals surface area contributed by atoms with E-state index in [4.69, 9.17) is 23.2 Å². The van der Waals surface area contributed by atoms with E-state index >= 15 is 0 Å². The van der Waals surface area contributed by atoms with Gasteiger partial charge in [0.15, 0.2) is 11.6 Å². The van der Waals surface area contributed by atoms with Gasteiger partial charge in [-0.25, -0.2) is 0 Å². The minimum atomic E-state index is -1.35. The molecule has 192 valence electrons. The van der Waals surface area contributed by atoms with Crippen LogP contribution in [0, 0.1) is 5.92 Å². The van der Waals surface area contributed by atoms with Crippen molar-refractivity contribution in [3.63, 3.8) is 0 Å². The van der Waals surface area contributed by atoms with Crippen molar-refractivity contribution in [1.29, 1.82) is 0 Å². The Labute approximate surface area is 238 Å². The van der Waals surface area contributed by atoms with Crippen LogP contribution in [-0.4, -0.2) is 29.6 Å². The number of ketones is 2. The number of Topliss-reactive ketones (excluding diaryl/α,β-unsaturated/α-hetero) is 2. The van der Waals surface area contributed by atoms with Gasteiger partial charge in [-0.2, -0.15) is 0 Å². The van der Waals surface area contributed by atoms with Gasteiger partial charge in [0.25, 0.3) is 0 Å². The summed E-state index contributed by atoms with van der Waals surface area (Å²) in [6, 6.07) is 21.6. The molecule has 1 aromatic heterocycles. The van der Waals surface area contributed by atoms with Gasteiger partial charge in [0.1, 0.15) is 11.5 Å². The monoisotopic (exact) mass is 570 g/mol. The molecule has 7 rings (SSSR count). The Morgan fingerprint density at radius 3 is 2.44 bits per heavy atom. The van der Waals surface area contributed by atoms with Crippen LogP contribution in [0.2, 0.25) is 10.0 Å². The lowest BCUT2D eigenvalue weighted by Gasteiger charge is -2.37. The van der Waals surface area contributed by atoms with Crippen LogP contribution in [0.3, 0.4) is 0 Å². The van der Waals surface area contributed by atoms with Crippen molar-refractivity contribution < 1.29 is 14.4 Å². The molecule has 4 atom stereocenters. The first-order valence-corrected chi connectivity index (χ1v) is 14.1. The van der Waals surface area contributed by atoms with E-state index < -0.39 is 23.4 Å². The zero-order chi connectivity index (χ0) is 26.9. The molecular weight excluding hydrogens is 551 g/mol. The van der Waals surface area contributed by atoms with Gasteiger partial charge in [-0.15, -0.1) is 11.3 Å². The van der Waals surface area contributed by atoms with Gasteiger partial charge >= 0.3 is 0 Å². The molecule has 5 nitrogen and oxygen atoms in total. The fraction of sp³-hybridized carbons (Fsp3) is 0.129. The van der Waals surface area contributed by atoms with Crippen LogP contribution >= 0.6 is 34.5 Å². The topological polar surface area (TPSA) is 66.5 Å². The Hall–Kier alpha value is -3.71. The molecule has 1 fully saturated rings. The molecule has 4 heterocycles. The molecule has 0 unspecified atom stereocenters. The molecule has 1 N–H and O–H groups in total. The first kappa shape index (κ1) is 24.3. The number of rotatable bonds is 4. The zero-order valence-electron chi connectivity index (χ0n) is 20.3. The van der Waals surface area contributed by atoms with Crippen molar-refractivity contribution in [2.45, 2.75) is 17.5 Å². The van der Waals surface area contributed by atoms with Gasteiger partial charge in [0, 0.05) is 27.0 Å². The van der Waals surface area contributed by atoms with Crippen molar-refractivity contribution >= 4 is 69.5 Å². The predicted molar refractivity (Wildman–Crippen MR) is 155 cm³/mol. The van der Waals surface area contributed by atoms with E-state index in [0.717, 1.165) is 11.3 Å². The fourth-order valence-electron chi connectivity index (χ4n) is 6.51. The molecule has 1 saturated heterocycles. The molecule has 1 spiro atoms. The van der Waals surface area contributed by atoms with Crippen molar-refractivity contribution in [3.05, 3.63) is 122 Å². The third kappa shape index (κ3) is 3.42. The Morgan fingerprint density at radius 2 is 1.67 bits per heavy atom. The van der Waals surface area contributed by atoms with Crippen LogP contribution in [-0.2, 0) is 10.2 Å². The number of carbonyl (C=O) groups is 3. The summed E-state index contributed by atoms with van der Waals surface area (Å²) in [6.07, 6.45) is 3.87. The molecule has 3 aliphatic heterocycles. The number of nitrogens with zero attached hydrogens (tertiary/aromatic N) is 1. The van der Waals surface area contributed by atoms with Gasteiger partial charge < -0.3 is 10.2 Å². The standard InChI is InChI=1S/C31H20Cl2N2O3S/c32-19-10-7-17(8-11-19)28(36)26-27(29(37)24-6-3-15-39-24)35-23-13-12-20(33)16-18(23)9-14-25(35)31(26)21-4-1-2-5-22(21)34-30(31)38/h1-16,25-27H,(H,34,38)/t25-,26-,27+,31-/m1/s1. The molecule has 39 heavy (non-hydrogen) atoms. The average Bonchev–Trinajstić information content (AvgIpc) is 3.65. The number of hydrogen-bond acceptors (Lipinski definition) is 5. The van der Waals surface area contributed by atoms with E-state index in [-0.39, 0.29) is 17.5 Å². The number of benzene rings is 3. The fourth-order valence-corrected chi connectivity index (χ4v) is 7.51. The predicted octanol–water partition coefficient (Wildman–Crippen LogP) is 6.91. The molecule has 8 heteroatoms. The van der Waals surface area contributed by atoms with Crippen molar-refractivity contribution in [2.24, 2.45) is 5.92 Å². The third-order valence-electron chi connectivity index (χ3n) is 8.04. The number of fused-ring (bicyclic) bond motifs is 6. The molecule has 3 aliphatic rings. The van der Waals surface area contributed by atoms with Gasteiger partial charge in [0.05, 0.1) is 16.8 Å². The molecule has 0 saturated carbocycles. The van der Waals surface area contributed by atoms with Crippen LogP contribution in [0.4, 0.5) is 11.4 Å². The minimum Gasteiger partial charge on any atom is -0.352 e. The van der Waals surface area contributed by atoms with Gasteiger partial charge in [-0.05, 0) is 71.1 Å². The molecule has 3 aromatic carbocycles. The molecule has 0 bridgehead atoms. The van der Waals surface area contributed by atoms with E-state index in [1.807, 2.05) is 64.9 Å². The normalized spacial score (nSPS) is 24.3. The lowest BCUT2D eigenvalue weighted by atomic mass is 9.64. The summed E-state index contributed by atoms with van der Waals surface area (Å²) in [6.45, 7) is 0. The van der Waals surface area contributed by atoms with Crippen molar-refractivity contribution in [2.75, 3.05) is 10.2 Å². The second-order valence-corrected chi connectivity index (χ2v) is 11.7. The SMILES string of the molecule is O=C(c1cccs1)[C@@H]1[C@H](C(=O)c2ccc(Cl)cc2)[C@]2(C(=O)Nc3ccccc32)[C@H]2C=Cc3cc(Cl)ccc3N12. The molecule has 0 radical (unpaired) electrons. The van der Waals surface area contributed by atoms with E-state index in [1.165, 1.54) is 11.3 Å². The van der Waals surface area contributed by atoms with Crippen LogP contribution in [0.15, 0.2) is 90.3 Å². The smallest absolute Gasteiger partial charge is 0.238 e. The van der Waals surface area contributed by atoms with Gasteiger partial charge in [-0.3, -0.25) is 14.4 Å². The van der Waals surface area contributed by atoms with Crippen LogP contribution in [0.5, 0.6) is 0 Å². The lowest BCUT2D eigenvalue weighted by Crippen LogP contribution is -2.51. The number of halogens is 2. The Kier molecular flexibility index (Phi) is 5.56. The maximum atomic E-state index is 14.6. The minimum absolute atomic E-state index is 0.201. The second-order valence-electron chi connectivity index (χ2n) is 9.92. The second kappa shape index (κ2) is 8.91. The summed E-state index contributed by atoms with van der Waals surface area (Å²) in [5, 5.41) is 5.93. The zero-order valence-corrected chi connectivity index (χ0v) is 22.6. The number of para-hydroxylation sites is 1.